The van der Waals surface area contributed by atoms with Crippen LogP contribution in [0.25, 0.3) is 0 Å². The highest BCUT2D eigenvalue weighted by Crippen LogP contribution is 2.53. The number of para-hydroxylation sites is 4. The zero-order valence-corrected chi connectivity index (χ0v) is 34.3. The first-order valence-electron chi connectivity index (χ1n) is 21.2. The van der Waals surface area contributed by atoms with Crippen LogP contribution < -0.4 is 29.6 Å². The van der Waals surface area contributed by atoms with E-state index < -0.39 is 0 Å². The van der Waals surface area contributed by atoms with Gasteiger partial charge in [0.05, 0.1) is 5.71 Å². The summed E-state index contributed by atoms with van der Waals surface area (Å²) >= 11 is 0. The molecule has 2 fully saturated rings. The third-order valence-electron chi connectivity index (χ3n) is 11.7. The minimum absolute atomic E-state index is 0.347. The van der Waals surface area contributed by atoms with Gasteiger partial charge in [0.1, 0.15) is 46.0 Å². The molecule has 63 heavy (non-hydrogen) atoms. The van der Waals surface area contributed by atoms with Crippen molar-refractivity contribution in [1.29, 1.82) is 0 Å². The zero-order chi connectivity index (χ0) is 42.4. The van der Waals surface area contributed by atoms with Crippen LogP contribution in [0, 0.1) is 11.8 Å². The number of oxime groups is 1. The highest BCUT2D eigenvalue weighted by atomic mass is 16.5. The van der Waals surface area contributed by atoms with E-state index >= 15 is 0 Å². The summed E-state index contributed by atoms with van der Waals surface area (Å²) in [4.78, 5) is 0. The Morgan fingerprint density at radius 2 is 0.540 bits per heavy atom. The van der Waals surface area contributed by atoms with Crippen molar-refractivity contribution in [2.24, 2.45) is 17.0 Å². The minimum atomic E-state index is -0.362. The monoisotopic (exact) mass is 827 g/mol. The van der Waals surface area contributed by atoms with Gasteiger partial charge in [0, 0.05) is 36.0 Å². The number of nitrogens with zero attached hydrogens (tertiary/aromatic N) is 1. The van der Waals surface area contributed by atoms with Crippen molar-refractivity contribution >= 4 is 5.71 Å². The summed E-state index contributed by atoms with van der Waals surface area (Å²) in [6.45, 7) is 0. The van der Waals surface area contributed by atoms with Crippen LogP contribution in [0.2, 0.25) is 0 Å². The molecule has 2 heterocycles. The standard InChI is InChI=1S/C55H45N3O5/c59-58-55-49-51(37-17-13-29-45(33-37)60-41-21-5-1-6-22-41)56-53(39-19-15-31-47(35-39)62-43-25-9-3-10-26-43)50(55)54(40-20-16-32-48(36-40)63-44-27-11-4-12-28-44)57-52(49)38-18-14-30-46(34-38)61-42-23-7-2-8-24-42/h1-36,49-54,56-57,59H. The molecule has 0 saturated carbocycles. The minimum Gasteiger partial charge on any atom is -0.457 e. The fraction of sp³-hybridized carbons (Fsp3) is 0.109. The predicted molar refractivity (Wildman–Crippen MR) is 245 cm³/mol. The van der Waals surface area contributed by atoms with Crippen molar-refractivity contribution < 1.29 is 24.2 Å². The molecule has 2 bridgehead atoms. The summed E-state index contributed by atoms with van der Waals surface area (Å²) < 4.78 is 25.6. The largest absolute Gasteiger partial charge is 0.457 e. The fourth-order valence-electron chi connectivity index (χ4n) is 9.02. The number of hydrogen-bond donors (Lipinski definition) is 3. The zero-order valence-electron chi connectivity index (χ0n) is 34.3. The molecule has 10 rings (SSSR count). The van der Waals surface area contributed by atoms with Gasteiger partial charge in [-0.2, -0.15) is 0 Å². The predicted octanol–water partition coefficient (Wildman–Crippen LogP) is 13.4. The first-order valence-corrected chi connectivity index (χ1v) is 21.2. The summed E-state index contributed by atoms with van der Waals surface area (Å²) in [5.41, 5.74) is 4.60. The van der Waals surface area contributed by atoms with Crippen LogP contribution in [-0.2, 0) is 0 Å². The third-order valence-corrected chi connectivity index (χ3v) is 11.7. The molecular weight excluding hydrogens is 783 g/mol. The van der Waals surface area contributed by atoms with Gasteiger partial charge in [-0.05, 0) is 119 Å². The molecule has 4 unspecified atom stereocenters. The maximum absolute atomic E-state index is 11.5. The second-order valence-corrected chi connectivity index (χ2v) is 15.8. The van der Waals surface area contributed by atoms with Crippen molar-refractivity contribution in [2.75, 3.05) is 0 Å². The van der Waals surface area contributed by atoms with Crippen LogP contribution in [0.1, 0.15) is 46.4 Å². The summed E-state index contributed by atoms with van der Waals surface area (Å²) in [6, 6.07) is 70.4. The van der Waals surface area contributed by atoms with Gasteiger partial charge in [0.15, 0.2) is 0 Å². The lowest BCUT2D eigenvalue weighted by molar-refractivity contribution is 0.149. The van der Waals surface area contributed by atoms with E-state index in [0.717, 1.165) is 45.3 Å². The van der Waals surface area contributed by atoms with Gasteiger partial charge < -0.3 is 34.8 Å². The number of benzene rings is 8. The van der Waals surface area contributed by atoms with Gasteiger partial charge in [0.2, 0.25) is 0 Å². The molecule has 8 heteroatoms. The Labute approximate surface area is 367 Å². The van der Waals surface area contributed by atoms with Crippen molar-refractivity contribution in [3.63, 3.8) is 0 Å². The number of rotatable bonds is 12. The SMILES string of the molecule is ON=C1C2C(c3cccc(Oc4ccccc4)c3)NC(c3cccc(Oc4ccccc4)c3)C1C(c1cccc(Oc3ccccc3)c1)NC2c1cccc(Oc2ccccc2)c1. The lowest BCUT2D eigenvalue weighted by atomic mass is 9.63. The maximum atomic E-state index is 11.5. The van der Waals surface area contributed by atoms with E-state index in [4.69, 9.17) is 18.9 Å². The highest BCUT2D eigenvalue weighted by Gasteiger charge is 2.54. The second-order valence-electron chi connectivity index (χ2n) is 15.8. The molecule has 2 aliphatic rings. The van der Waals surface area contributed by atoms with Crippen LogP contribution >= 0.6 is 0 Å². The van der Waals surface area contributed by atoms with E-state index in [-0.39, 0.29) is 36.0 Å². The molecule has 0 radical (unpaired) electrons. The average molecular weight is 828 g/mol. The first-order chi connectivity index (χ1) is 31.1. The molecule has 310 valence electrons. The van der Waals surface area contributed by atoms with Gasteiger partial charge in [-0.15, -0.1) is 0 Å². The Kier molecular flexibility index (Phi) is 11.4. The quantitative estimate of drug-likeness (QED) is 0.0834. The molecule has 8 aromatic carbocycles. The molecule has 4 atom stereocenters. The van der Waals surface area contributed by atoms with Gasteiger partial charge in [-0.3, -0.25) is 0 Å². The van der Waals surface area contributed by atoms with E-state index in [0.29, 0.717) is 28.7 Å². The van der Waals surface area contributed by atoms with Crippen molar-refractivity contribution in [2.45, 2.75) is 24.2 Å². The number of nitrogens with one attached hydrogen (secondary N) is 2. The van der Waals surface area contributed by atoms with Gasteiger partial charge in [-0.25, -0.2) is 0 Å². The van der Waals surface area contributed by atoms with Crippen molar-refractivity contribution in [3.8, 4) is 46.0 Å². The fourth-order valence-corrected chi connectivity index (χ4v) is 9.02. The van der Waals surface area contributed by atoms with E-state index in [1.807, 2.05) is 170 Å². The van der Waals surface area contributed by atoms with E-state index in [9.17, 15) is 5.21 Å². The van der Waals surface area contributed by atoms with E-state index in [1.54, 1.807) is 0 Å². The van der Waals surface area contributed by atoms with Crippen molar-refractivity contribution in [3.05, 3.63) is 241 Å². The molecule has 0 aliphatic carbocycles. The molecule has 0 spiro atoms. The van der Waals surface area contributed by atoms with E-state index in [2.05, 4.69) is 64.3 Å². The average Bonchev–Trinajstić information content (AvgIpc) is 3.33. The van der Waals surface area contributed by atoms with Crippen LogP contribution in [0.3, 0.4) is 0 Å². The Bertz CT molecular complexity index is 2430. The molecular formula is C55H45N3O5. The first kappa shape index (κ1) is 39.5. The second kappa shape index (κ2) is 18.1. The number of fused-ring (bicyclic) bond motifs is 2. The third kappa shape index (κ3) is 8.77. The Morgan fingerprint density at radius 3 is 0.778 bits per heavy atom. The maximum Gasteiger partial charge on any atom is 0.127 e. The Balaban J connectivity index is 1.11. The highest BCUT2D eigenvalue weighted by molar-refractivity contribution is 5.93. The molecule has 8 aromatic rings. The molecule has 0 amide bonds. The Morgan fingerprint density at radius 1 is 0.302 bits per heavy atom. The number of ether oxygens (including phenoxy) is 4. The van der Waals surface area contributed by atoms with Crippen LogP contribution in [0.15, 0.2) is 224 Å². The summed E-state index contributed by atoms with van der Waals surface area (Å²) in [5, 5.41) is 24.1. The topological polar surface area (TPSA) is 93.6 Å². The van der Waals surface area contributed by atoms with Gasteiger partial charge >= 0.3 is 0 Å². The molecule has 3 N–H and O–H groups in total. The molecule has 2 aliphatic heterocycles. The van der Waals surface area contributed by atoms with Gasteiger partial charge in [0.25, 0.3) is 0 Å². The van der Waals surface area contributed by atoms with E-state index in [1.165, 1.54) is 0 Å². The smallest absolute Gasteiger partial charge is 0.127 e. The summed E-state index contributed by atoms with van der Waals surface area (Å²) in [5.74, 6) is 5.04. The summed E-state index contributed by atoms with van der Waals surface area (Å²) in [7, 11) is 0. The summed E-state index contributed by atoms with van der Waals surface area (Å²) in [6.07, 6.45) is 0. The van der Waals surface area contributed by atoms with Gasteiger partial charge in [-0.1, -0.05) is 126 Å². The van der Waals surface area contributed by atoms with Crippen molar-refractivity contribution in [1.82, 2.24) is 10.6 Å². The normalized spacial score (nSPS) is 20.3. The molecule has 8 nitrogen and oxygen atoms in total. The molecule has 2 saturated heterocycles. The number of hydrogen-bond acceptors (Lipinski definition) is 8. The molecule has 0 aromatic heterocycles. The lowest BCUT2D eigenvalue weighted by Gasteiger charge is -2.54. The lowest BCUT2D eigenvalue weighted by Crippen LogP contribution is -2.60. The van der Waals surface area contributed by atoms with Crippen LogP contribution in [0.4, 0.5) is 0 Å². The van der Waals surface area contributed by atoms with Crippen LogP contribution in [-0.4, -0.2) is 10.9 Å². The number of piperidine rings is 2. The van der Waals surface area contributed by atoms with Crippen LogP contribution in [0.5, 0.6) is 46.0 Å². The Hall–Kier alpha value is -7.65.